The first-order valence-corrected chi connectivity index (χ1v) is 3.28. The number of hydrogen-bond acceptors (Lipinski definition) is 2. The minimum atomic E-state index is -0.154. The van der Waals surface area contributed by atoms with Crippen LogP contribution < -0.4 is 5.32 Å². The van der Waals surface area contributed by atoms with Gasteiger partial charge in [0.2, 0.25) is 5.91 Å². The molecule has 9 heavy (non-hydrogen) atoms. The molecule has 0 saturated heterocycles. The van der Waals surface area contributed by atoms with Gasteiger partial charge in [-0.15, -0.1) is 11.6 Å². The molecule has 2 N–H and O–H groups in total. The summed E-state index contributed by atoms with van der Waals surface area (Å²) < 4.78 is 0. The number of halogens is 1. The van der Waals surface area contributed by atoms with Crippen molar-refractivity contribution in [3.05, 3.63) is 0 Å². The number of aliphatic hydroxyl groups excluding tert-OH is 1. The van der Waals surface area contributed by atoms with E-state index in [0.717, 1.165) is 0 Å². The van der Waals surface area contributed by atoms with E-state index in [9.17, 15) is 4.79 Å². The Morgan fingerprint density at radius 2 is 2.33 bits per heavy atom. The molecule has 4 heteroatoms. The Bertz CT molecular complexity index is 87.0. The molecule has 0 spiro atoms. The number of carbonyl (C=O) groups is 1. The lowest BCUT2D eigenvalue weighted by Gasteiger charge is -1.98. The fraction of sp³-hybridized carbons (Fsp3) is 0.800. The van der Waals surface area contributed by atoms with Crippen molar-refractivity contribution < 1.29 is 9.90 Å². The molecule has 0 atom stereocenters. The lowest BCUT2D eigenvalue weighted by molar-refractivity contribution is -0.121. The first-order chi connectivity index (χ1) is 4.31. The van der Waals surface area contributed by atoms with E-state index in [4.69, 9.17) is 16.7 Å². The van der Waals surface area contributed by atoms with Crippen LogP contribution in [0.25, 0.3) is 0 Å². The second-order valence-electron chi connectivity index (χ2n) is 1.51. The number of carbonyl (C=O) groups excluding carboxylic acids is 1. The van der Waals surface area contributed by atoms with E-state index in [1.165, 1.54) is 0 Å². The number of rotatable bonds is 4. The summed E-state index contributed by atoms with van der Waals surface area (Å²) in [4.78, 5) is 10.5. The van der Waals surface area contributed by atoms with Gasteiger partial charge in [-0.1, -0.05) is 0 Å². The lowest BCUT2D eigenvalue weighted by Crippen LogP contribution is -2.25. The molecule has 54 valence electrons. The highest BCUT2D eigenvalue weighted by Gasteiger charge is 1.95. The van der Waals surface area contributed by atoms with Crippen LogP contribution in [0.15, 0.2) is 0 Å². The van der Waals surface area contributed by atoms with Gasteiger partial charge in [-0.2, -0.15) is 0 Å². The van der Waals surface area contributed by atoms with Gasteiger partial charge >= 0.3 is 0 Å². The average Bonchev–Trinajstić information content (AvgIpc) is 1.85. The van der Waals surface area contributed by atoms with Gasteiger partial charge in [-0.3, -0.25) is 4.79 Å². The van der Waals surface area contributed by atoms with Crippen molar-refractivity contribution in [3.8, 4) is 0 Å². The monoisotopic (exact) mass is 151 g/mol. The summed E-state index contributed by atoms with van der Waals surface area (Å²) >= 11 is 5.27. The number of amides is 1. The standard InChI is InChI=1S/C5H10ClNO2/c6-2-3-7-5(9)1-4-8/h8H,1-4H2,(H,7,9). The minimum Gasteiger partial charge on any atom is -0.396 e. The number of hydrogen-bond donors (Lipinski definition) is 2. The second kappa shape index (κ2) is 5.85. The Morgan fingerprint density at radius 1 is 1.67 bits per heavy atom. The van der Waals surface area contributed by atoms with Gasteiger partial charge in [0.05, 0.1) is 6.61 Å². The molecular formula is C5H10ClNO2. The first kappa shape index (κ1) is 8.72. The molecule has 0 rings (SSSR count). The third-order valence-electron chi connectivity index (χ3n) is 0.756. The zero-order valence-corrected chi connectivity index (χ0v) is 5.82. The van der Waals surface area contributed by atoms with Gasteiger partial charge in [-0.25, -0.2) is 0 Å². The van der Waals surface area contributed by atoms with Crippen LogP contribution in [0.2, 0.25) is 0 Å². The van der Waals surface area contributed by atoms with Gasteiger partial charge in [0.1, 0.15) is 0 Å². The number of aliphatic hydroxyl groups is 1. The van der Waals surface area contributed by atoms with Gasteiger partial charge in [0, 0.05) is 18.8 Å². The summed E-state index contributed by atoms with van der Waals surface area (Å²) in [7, 11) is 0. The Kier molecular flexibility index (Phi) is 5.67. The highest BCUT2D eigenvalue weighted by Crippen LogP contribution is 1.76. The number of alkyl halides is 1. The van der Waals surface area contributed by atoms with Crippen LogP contribution in [0.5, 0.6) is 0 Å². The molecule has 3 nitrogen and oxygen atoms in total. The second-order valence-corrected chi connectivity index (χ2v) is 1.89. The van der Waals surface area contributed by atoms with E-state index in [1.807, 2.05) is 0 Å². The zero-order valence-electron chi connectivity index (χ0n) is 5.06. The highest BCUT2D eigenvalue weighted by molar-refractivity contribution is 6.18. The van der Waals surface area contributed by atoms with Crippen LogP contribution in [0, 0.1) is 0 Å². The topological polar surface area (TPSA) is 49.3 Å². The van der Waals surface area contributed by atoms with Crippen LogP contribution in [0.3, 0.4) is 0 Å². The molecule has 0 radical (unpaired) electrons. The third-order valence-corrected chi connectivity index (χ3v) is 0.945. The van der Waals surface area contributed by atoms with Crippen molar-refractivity contribution in [1.29, 1.82) is 0 Å². The van der Waals surface area contributed by atoms with Crippen LogP contribution in [-0.4, -0.2) is 30.0 Å². The van der Waals surface area contributed by atoms with Crippen molar-refractivity contribution in [2.75, 3.05) is 19.0 Å². The molecular weight excluding hydrogens is 142 g/mol. The summed E-state index contributed by atoms with van der Waals surface area (Å²) in [5, 5.41) is 10.7. The zero-order chi connectivity index (χ0) is 7.11. The van der Waals surface area contributed by atoms with E-state index in [2.05, 4.69) is 5.32 Å². The van der Waals surface area contributed by atoms with Crippen molar-refractivity contribution in [1.82, 2.24) is 5.32 Å². The summed E-state index contributed by atoms with van der Waals surface area (Å²) in [6.07, 6.45) is 0.164. The Morgan fingerprint density at radius 3 is 2.78 bits per heavy atom. The quantitative estimate of drug-likeness (QED) is 0.544. The average molecular weight is 152 g/mol. The van der Waals surface area contributed by atoms with Crippen molar-refractivity contribution in [3.63, 3.8) is 0 Å². The summed E-state index contributed by atoms with van der Waals surface area (Å²) in [5.41, 5.74) is 0. The molecule has 0 aromatic carbocycles. The smallest absolute Gasteiger partial charge is 0.222 e. The summed E-state index contributed by atoms with van der Waals surface area (Å²) in [5.74, 6) is 0.259. The fourth-order valence-electron chi connectivity index (χ4n) is 0.377. The highest BCUT2D eigenvalue weighted by atomic mass is 35.5. The molecule has 0 heterocycles. The van der Waals surface area contributed by atoms with Crippen molar-refractivity contribution in [2.45, 2.75) is 6.42 Å². The summed E-state index contributed by atoms with van der Waals surface area (Å²) in [6, 6.07) is 0. The molecule has 0 bridgehead atoms. The largest absolute Gasteiger partial charge is 0.396 e. The van der Waals surface area contributed by atoms with Crippen LogP contribution in [-0.2, 0) is 4.79 Å². The van der Waals surface area contributed by atoms with E-state index in [-0.39, 0.29) is 18.9 Å². The molecule has 0 aromatic heterocycles. The Labute approximate surface area is 59.0 Å². The van der Waals surface area contributed by atoms with Gasteiger partial charge in [0.15, 0.2) is 0 Å². The molecule has 0 aliphatic carbocycles. The molecule has 0 saturated carbocycles. The third kappa shape index (κ3) is 5.59. The van der Waals surface area contributed by atoms with E-state index in [0.29, 0.717) is 12.4 Å². The molecule has 0 aliphatic heterocycles. The normalized spacial score (nSPS) is 9.11. The maximum atomic E-state index is 10.5. The van der Waals surface area contributed by atoms with Crippen molar-refractivity contribution in [2.24, 2.45) is 0 Å². The Hall–Kier alpha value is -0.280. The van der Waals surface area contributed by atoms with Gasteiger partial charge < -0.3 is 10.4 Å². The van der Waals surface area contributed by atoms with Crippen LogP contribution in [0.1, 0.15) is 6.42 Å². The van der Waals surface area contributed by atoms with Gasteiger partial charge in [-0.05, 0) is 0 Å². The van der Waals surface area contributed by atoms with Crippen LogP contribution in [0.4, 0.5) is 0 Å². The SMILES string of the molecule is O=C(CCO)NCCCl. The summed E-state index contributed by atoms with van der Waals surface area (Å²) in [6.45, 7) is 0.370. The maximum Gasteiger partial charge on any atom is 0.222 e. The van der Waals surface area contributed by atoms with E-state index < -0.39 is 0 Å². The van der Waals surface area contributed by atoms with E-state index >= 15 is 0 Å². The molecule has 0 aliphatic rings. The van der Waals surface area contributed by atoms with E-state index in [1.54, 1.807) is 0 Å². The maximum absolute atomic E-state index is 10.5. The van der Waals surface area contributed by atoms with Crippen LogP contribution >= 0.6 is 11.6 Å². The predicted molar refractivity (Wildman–Crippen MR) is 35.4 cm³/mol. The minimum absolute atomic E-state index is 0.103. The molecule has 0 aromatic rings. The lowest BCUT2D eigenvalue weighted by atomic mass is 10.4. The molecule has 1 amide bonds. The predicted octanol–water partition coefficient (Wildman–Crippen LogP) is -0.276. The molecule has 0 fully saturated rings. The number of nitrogens with one attached hydrogen (secondary N) is 1. The first-order valence-electron chi connectivity index (χ1n) is 2.74. The fourth-order valence-corrected chi connectivity index (χ4v) is 0.471. The Balaban J connectivity index is 3.06. The van der Waals surface area contributed by atoms with Gasteiger partial charge in [0.25, 0.3) is 0 Å². The molecule has 0 unspecified atom stereocenters. The van der Waals surface area contributed by atoms with Crippen molar-refractivity contribution >= 4 is 17.5 Å².